The van der Waals surface area contributed by atoms with Gasteiger partial charge in [-0.1, -0.05) is 11.8 Å². The lowest BCUT2D eigenvalue weighted by atomic mass is 9.93. The molecule has 2 N–H and O–H groups in total. The van der Waals surface area contributed by atoms with Crippen LogP contribution in [0.15, 0.2) is 55.0 Å². The number of hydrogen-bond donors (Lipinski definition) is 2. The largest absolute Gasteiger partial charge is 0.418 e. The first-order valence-electron chi connectivity index (χ1n) is 12.1. The third-order valence-electron chi connectivity index (χ3n) is 6.33. The summed E-state index contributed by atoms with van der Waals surface area (Å²) in [5, 5.41) is 2.46. The van der Waals surface area contributed by atoms with E-state index in [2.05, 4.69) is 32.1 Å². The Labute approximate surface area is 226 Å². The molecule has 40 heavy (non-hydrogen) atoms. The molecule has 0 saturated carbocycles. The van der Waals surface area contributed by atoms with E-state index in [4.69, 9.17) is 0 Å². The molecular formula is C27H20BF4N6O2. The molecule has 2 aromatic carbocycles. The Bertz CT molecular complexity index is 1640. The summed E-state index contributed by atoms with van der Waals surface area (Å²) >= 11 is 0. The highest BCUT2D eigenvalue weighted by molar-refractivity contribution is 6.64. The number of aromatic nitrogens is 3. The highest BCUT2D eigenvalue weighted by atomic mass is 19.4. The summed E-state index contributed by atoms with van der Waals surface area (Å²) in [6.45, 7) is 1.39. The SMILES string of the molecule is O=C[B]N1CCN(c2ccc(NC(=O)c3ccc(F)c(C#Cc4cnc5nc[nH]c5c4)c3)cc2C(F)(F)F)CC1. The van der Waals surface area contributed by atoms with E-state index in [1.54, 1.807) is 15.8 Å². The van der Waals surface area contributed by atoms with Crippen LogP contribution in [0, 0.1) is 17.7 Å². The van der Waals surface area contributed by atoms with Crippen molar-refractivity contribution in [1.82, 2.24) is 19.8 Å². The van der Waals surface area contributed by atoms with Crippen LogP contribution in [0.4, 0.5) is 28.9 Å². The average molecular weight is 547 g/mol. The van der Waals surface area contributed by atoms with Gasteiger partial charge in [-0.25, -0.2) is 14.4 Å². The van der Waals surface area contributed by atoms with Gasteiger partial charge in [-0.15, -0.1) is 0 Å². The minimum atomic E-state index is -4.67. The van der Waals surface area contributed by atoms with Crippen molar-refractivity contribution < 1.29 is 27.2 Å². The van der Waals surface area contributed by atoms with Crippen molar-refractivity contribution in [2.45, 2.75) is 6.18 Å². The smallest absolute Gasteiger partial charge is 0.369 e. The van der Waals surface area contributed by atoms with Crippen molar-refractivity contribution in [3.8, 4) is 11.8 Å². The fourth-order valence-electron chi connectivity index (χ4n) is 4.32. The predicted octanol–water partition coefficient (Wildman–Crippen LogP) is 3.70. The van der Waals surface area contributed by atoms with E-state index in [-0.39, 0.29) is 22.5 Å². The summed E-state index contributed by atoms with van der Waals surface area (Å²) in [4.78, 5) is 37.9. The second-order valence-electron chi connectivity index (χ2n) is 8.93. The van der Waals surface area contributed by atoms with Crippen molar-refractivity contribution in [3.63, 3.8) is 0 Å². The summed E-state index contributed by atoms with van der Waals surface area (Å²) in [7, 11) is 1.37. The van der Waals surface area contributed by atoms with Gasteiger partial charge in [-0.05, 0) is 42.5 Å². The van der Waals surface area contributed by atoms with Crippen LogP contribution in [0.3, 0.4) is 0 Å². The minimum Gasteiger partial charge on any atom is -0.369 e. The van der Waals surface area contributed by atoms with E-state index < -0.39 is 23.5 Å². The number of aromatic amines is 1. The molecule has 3 heterocycles. The maximum Gasteiger partial charge on any atom is 0.418 e. The molecule has 0 aliphatic carbocycles. The molecule has 1 radical (unpaired) electrons. The molecule has 8 nitrogen and oxygen atoms in total. The van der Waals surface area contributed by atoms with Gasteiger partial charge in [0.05, 0.1) is 29.2 Å². The van der Waals surface area contributed by atoms with Gasteiger partial charge in [0.2, 0.25) is 0 Å². The number of H-pyrrole nitrogens is 1. The number of amides is 1. The Morgan fingerprint density at radius 2 is 1.85 bits per heavy atom. The summed E-state index contributed by atoms with van der Waals surface area (Å²) in [5.41, 5.74) is 0.642. The number of nitrogens with zero attached hydrogens (tertiary/aromatic N) is 4. The van der Waals surface area contributed by atoms with Gasteiger partial charge in [0.1, 0.15) is 5.82 Å². The Morgan fingerprint density at radius 3 is 2.60 bits per heavy atom. The molecule has 1 saturated heterocycles. The van der Waals surface area contributed by atoms with Crippen LogP contribution < -0.4 is 10.2 Å². The first-order valence-corrected chi connectivity index (χ1v) is 12.1. The topological polar surface area (TPSA) is 94.2 Å². The number of anilines is 2. The molecule has 4 aromatic rings. The average Bonchev–Trinajstić information content (AvgIpc) is 3.41. The molecule has 1 aliphatic heterocycles. The predicted molar refractivity (Wildman–Crippen MR) is 142 cm³/mol. The van der Waals surface area contributed by atoms with Crippen molar-refractivity contribution in [2.75, 3.05) is 36.4 Å². The van der Waals surface area contributed by atoms with Gasteiger partial charge in [-0.3, -0.25) is 4.79 Å². The summed E-state index contributed by atoms with van der Waals surface area (Å²) in [6, 6.07) is 8.79. The lowest BCUT2D eigenvalue weighted by molar-refractivity contribution is -0.137. The summed E-state index contributed by atoms with van der Waals surface area (Å²) in [5.74, 6) is 4.08. The van der Waals surface area contributed by atoms with Gasteiger partial charge < -0.3 is 24.8 Å². The molecule has 1 amide bonds. The molecule has 5 rings (SSSR count). The summed E-state index contributed by atoms with van der Waals surface area (Å²) in [6.07, 6.45) is -1.06. The van der Waals surface area contributed by atoms with E-state index in [0.29, 0.717) is 49.1 Å². The second-order valence-corrected chi connectivity index (χ2v) is 8.93. The molecule has 0 bridgehead atoms. The zero-order chi connectivity index (χ0) is 28.3. The van der Waals surface area contributed by atoms with Crippen LogP contribution in [-0.4, -0.2) is 65.4 Å². The molecule has 201 valence electrons. The first-order chi connectivity index (χ1) is 19.2. The normalized spacial score (nSPS) is 13.9. The maximum absolute atomic E-state index is 14.4. The van der Waals surface area contributed by atoms with Crippen LogP contribution in [0.25, 0.3) is 11.2 Å². The first kappa shape index (κ1) is 26.9. The van der Waals surface area contributed by atoms with Crippen LogP contribution in [-0.2, 0) is 11.0 Å². The highest BCUT2D eigenvalue weighted by Gasteiger charge is 2.36. The Morgan fingerprint density at radius 1 is 1.05 bits per heavy atom. The number of benzene rings is 2. The number of piperazine rings is 1. The molecule has 1 fully saturated rings. The van der Waals surface area contributed by atoms with Gasteiger partial charge in [0.15, 0.2) is 5.65 Å². The molecule has 0 spiro atoms. The fraction of sp³-hybridized carbons (Fsp3) is 0.185. The van der Waals surface area contributed by atoms with Crippen LogP contribution in [0.5, 0.6) is 0 Å². The molecule has 0 unspecified atom stereocenters. The van der Waals surface area contributed by atoms with E-state index in [9.17, 15) is 27.2 Å². The monoisotopic (exact) mass is 547 g/mol. The van der Waals surface area contributed by atoms with E-state index in [0.717, 1.165) is 12.1 Å². The number of fused-ring (bicyclic) bond motifs is 1. The van der Waals surface area contributed by atoms with E-state index in [1.807, 2.05) is 0 Å². The van der Waals surface area contributed by atoms with Crippen LogP contribution in [0.1, 0.15) is 27.0 Å². The number of carbonyl (C=O) groups is 2. The Hall–Kier alpha value is -4.70. The van der Waals surface area contributed by atoms with Crippen molar-refractivity contribution in [2.24, 2.45) is 0 Å². The lowest BCUT2D eigenvalue weighted by Gasteiger charge is -2.36. The molecule has 1 aliphatic rings. The van der Waals surface area contributed by atoms with Gasteiger partial charge in [0, 0.05) is 54.9 Å². The number of alkyl halides is 3. The Balaban J connectivity index is 1.34. The maximum atomic E-state index is 14.4. The van der Waals surface area contributed by atoms with Crippen LogP contribution in [0.2, 0.25) is 0 Å². The Kier molecular flexibility index (Phi) is 7.53. The van der Waals surface area contributed by atoms with Crippen LogP contribution >= 0.6 is 0 Å². The zero-order valence-corrected chi connectivity index (χ0v) is 20.8. The van der Waals surface area contributed by atoms with Crippen molar-refractivity contribution >= 4 is 42.0 Å². The van der Waals surface area contributed by atoms with Gasteiger partial charge >= 0.3 is 6.18 Å². The van der Waals surface area contributed by atoms with E-state index >= 15 is 0 Å². The van der Waals surface area contributed by atoms with Crippen molar-refractivity contribution in [1.29, 1.82) is 0 Å². The second kappa shape index (κ2) is 11.2. The number of pyridine rings is 1. The molecule has 0 atom stereocenters. The molecule has 2 aromatic heterocycles. The number of hydrogen-bond acceptors (Lipinski definition) is 6. The van der Waals surface area contributed by atoms with Gasteiger partial charge in [0.25, 0.3) is 13.3 Å². The lowest BCUT2D eigenvalue weighted by Crippen LogP contribution is -2.48. The molecular weight excluding hydrogens is 527 g/mol. The quantitative estimate of drug-likeness (QED) is 0.171. The zero-order valence-electron chi connectivity index (χ0n) is 20.8. The summed E-state index contributed by atoms with van der Waals surface area (Å²) < 4.78 is 56.3. The van der Waals surface area contributed by atoms with Crippen molar-refractivity contribution in [3.05, 3.63) is 83.1 Å². The standard InChI is InChI=1S/C27H20BF4N6O2/c29-22-5-3-19(12-18(22)2-1-17-11-23-25(33-14-17)35-16-34-23)26(40)36-20-4-6-24(21(13-20)27(30,31)32)37-7-9-38(10-8-37)28-15-39/h3-6,11-16H,7-10H2,(H,36,40)(H,33,34,35). The number of nitrogens with one attached hydrogen (secondary N) is 2. The third kappa shape index (κ3) is 5.97. The minimum absolute atomic E-state index is 0.0154. The highest BCUT2D eigenvalue weighted by Crippen LogP contribution is 2.38. The van der Waals surface area contributed by atoms with Gasteiger partial charge in [-0.2, -0.15) is 13.2 Å². The number of imidazole rings is 1. The number of carbonyl (C=O) groups excluding carboxylic acids is 2. The molecule has 13 heteroatoms. The number of rotatable bonds is 5. The fourth-order valence-corrected chi connectivity index (χ4v) is 4.32. The third-order valence-corrected chi connectivity index (χ3v) is 6.33. The van der Waals surface area contributed by atoms with E-state index in [1.165, 1.54) is 44.2 Å². The number of halogens is 4.